The third kappa shape index (κ3) is 6.61. The van der Waals surface area contributed by atoms with Crippen molar-refractivity contribution in [3.63, 3.8) is 0 Å². The highest BCUT2D eigenvalue weighted by Gasteiger charge is 2.19. The molecule has 2 rings (SSSR count). The van der Waals surface area contributed by atoms with Crippen LogP contribution in [0, 0.1) is 11.6 Å². The van der Waals surface area contributed by atoms with Crippen LogP contribution in [0.2, 0.25) is 0 Å². The molecule has 0 saturated heterocycles. The molecule has 1 heterocycles. The van der Waals surface area contributed by atoms with Gasteiger partial charge in [-0.3, -0.25) is 4.79 Å². The van der Waals surface area contributed by atoms with Gasteiger partial charge in [0.1, 0.15) is 11.6 Å². The topological polar surface area (TPSA) is 81.1 Å². The van der Waals surface area contributed by atoms with E-state index in [0.717, 1.165) is 12.1 Å². The number of hydrogen-bond donors (Lipinski definition) is 2. The fraction of sp³-hybridized carbons (Fsp3) is 0.375. The molecular weight excluding hydrogens is 375 g/mol. The Morgan fingerprint density at radius 1 is 1.32 bits per heavy atom. The van der Waals surface area contributed by atoms with E-state index >= 15 is 0 Å². The van der Waals surface area contributed by atoms with E-state index in [4.69, 9.17) is 10.2 Å². The molecule has 0 unspecified atom stereocenters. The van der Waals surface area contributed by atoms with Crippen molar-refractivity contribution >= 4 is 30.7 Å². The Balaban J connectivity index is 0.00000288. The molecule has 140 valence electrons. The fourth-order valence-corrected chi connectivity index (χ4v) is 1.95. The number of carbonyl (C=O) groups excluding carboxylic acids is 1. The molecule has 0 atom stereocenters. The van der Waals surface area contributed by atoms with Crippen molar-refractivity contribution in [1.82, 2.24) is 10.3 Å². The second kappa shape index (κ2) is 9.70. The largest absolute Gasteiger partial charge is 0.441 e. The smallest absolute Gasteiger partial charge is 0.220 e. The van der Waals surface area contributed by atoms with E-state index in [1.54, 1.807) is 0 Å². The van der Waals surface area contributed by atoms with E-state index in [1.165, 1.54) is 12.3 Å². The lowest BCUT2D eigenvalue weighted by atomic mass is 10.1. The average Bonchev–Trinajstić information content (AvgIpc) is 2.93. The predicted molar refractivity (Wildman–Crippen MR) is 95.9 cm³/mol. The van der Waals surface area contributed by atoms with Crippen LogP contribution in [0.4, 0.5) is 8.78 Å². The minimum atomic E-state index is -0.727. The molecule has 9 heteroatoms. The number of nitrogens with one attached hydrogen (secondary N) is 1. The number of aryl methyl sites for hydroxylation is 1. The molecule has 0 radical (unpaired) electrons. The Morgan fingerprint density at radius 2 is 2.00 bits per heavy atom. The van der Waals surface area contributed by atoms with Crippen molar-refractivity contribution in [2.75, 3.05) is 6.54 Å². The van der Waals surface area contributed by atoms with E-state index in [2.05, 4.69) is 10.3 Å². The van der Waals surface area contributed by atoms with Crippen LogP contribution in [-0.2, 0) is 11.2 Å². The van der Waals surface area contributed by atoms with Gasteiger partial charge < -0.3 is 15.5 Å². The Hall–Kier alpha value is -1.70. The molecule has 1 aromatic heterocycles. The molecule has 0 aliphatic carbocycles. The Morgan fingerprint density at radius 3 is 2.60 bits per heavy atom. The second-order valence-corrected chi connectivity index (χ2v) is 5.88. The van der Waals surface area contributed by atoms with Crippen molar-refractivity contribution in [2.24, 2.45) is 5.73 Å². The third-order valence-corrected chi connectivity index (χ3v) is 3.30. The molecule has 0 aliphatic rings. The first-order valence-corrected chi connectivity index (χ1v) is 7.22. The molecule has 3 N–H and O–H groups in total. The number of amides is 1. The van der Waals surface area contributed by atoms with Gasteiger partial charge in [-0.15, -0.1) is 24.8 Å². The Bertz CT molecular complexity index is 708. The highest BCUT2D eigenvalue weighted by atomic mass is 35.5. The molecule has 2 aromatic rings. The van der Waals surface area contributed by atoms with Crippen LogP contribution < -0.4 is 11.1 Å². The minimum Gasteiger partial charge on any atom is -0.441 e. The van der Waals surface area contributed by atoms with Crippen LogP contribution in [0.25, 0.3) is 11.3 Å². The zero-order chi connectivity index (χ0) is 17.0. The van der Waals surface area contributed by atoms with Crippen LogP contribution in [0.1, 0.15) is 26.2 Å². The van der Waals surface area contributed by atoms with Crippen molar-refractivity contribution in [3.05, 3.63) is 41.9 Å². The number of rotatable bonds is 6. The highest BCUT2D eigenvalue weighted by molar-refractivity contribution is 5.85. The predicted octanol–water partition coefficient (Wildman–Crippen LogP) is 3.25. The number of hydrogen-bond acceptors (Lipinski definition) is 4. The van der Waals surface area contributed by atoms with E-state index in [1.807, 2.05) is 13.8 Å². The molecular formula is C16H21Cl2F2N3O2. The van der Waals surface area contributed by atoms with Crippen molar-refractivity contribution in [3.8, 4) is 11.3 Å². The average molecular weight is 396 g/mol. The molecule has 5 nitrogen and oxygen atoms in total. The summed E-state index contributed by atoms with van der Waals surface area (Å²) in [4.78, 5) is 15.8. The van der Waals surface area contributed by atoms with Crippen LogP contribution in [0.3, 0.4) is 0 Å². The number of carbonyl (C=O) groups is 1. The number of oxazole rings is 1. The second-order valence-electron chi connectivity index (χ2n) is 5.88. The summed E-state index contributed by atoms with van der Waals surface area (Å²) in [6.45, 7) is 3.97. The monoisotopic (exact) mass is 395 g/mol. The number of nitrogens with two attached hydrogens (primary N) is 1. The summed E-state index contributed by atoms with van der Waals surface area (Å²) in [5.74, 6) is -1.06. The minimum absolute atomic E-state index is 0. The van der Waals surface area contributed by atoms with Gasteiger partial charge in [-0.1, -0.05) is 0 Å². The zero-order valence-electron chi connectivity index (χ0n) is 13.8. The van der Waals surface area contributed by atoms with Crippen molar-refractivity contribution < 1.29 is 18.0 Å². The lowest BCUT2D eigenvalue weighted by molar-refractivity contribution is -0.122. The van der Waals surface area contributed by atoms with Crippen molar-refractivity contribution in [1.29, 1.82) is 0 Å². The molecule has 1 amide bonds. The molecule has 1 aromatic carbocycles. The van der Waals surface area contributed by atoms with E-state index in [-0.39, 0.29) is 54.9 Å². The first-order chi connectivity index (χ1) is 10.8. The first kappa shape index (κ1) is 23.3. The van der Waals surface area contributed by atoms with E-state index in [0.29, 0.717) is 12.4 Å². The lowest BCUT2D eigenvalue weighted by Gasteiger charge is -2.23. The molecule has 0 aliphatic heterocycles. The standard InChI is InChI=1S/C16H19F2N3O2.2ClH/c1-16(2,9-19)21-14(22)5-6-15-20-8-13(23-15)11-4-3-10(17)7-12(11)18;;/h3-4,7-8H,5-6,9,19H2,1-2H3,(H,21,22);2*1H. The van der Waals surface area contributed by atoms with Gasteiger partial charge >= 0.3 is 0 Å². The summed E-state index contributed by atoms with van der Waals surface area (Å²) in [6, 6.07) is 3.20. The zero-order valence-corrected chi connectivity index (χ0v) is 15.5. The normalized spacial score (nSPS) is 10.6. The van der Waals surface area contributed by atoms with E-state index < -0.39 is 17.2 Å². The van der Waals surface area contributed by atoms with Gasteiger partial charge in [0.15, 0.2) is 11.7 Å². The summed E-state index contributed by atoms with van der Waals surface area (Å²) in [7, 11) is 0. The quantitative estimate of drug-likeness (QED) is 0.786. The van der Waals surface area contributed by atoms with Crippen LogP contribution in [-0.4, -0.2) is 23.0 Å². The summed E-state index contributed by atoms with van der Waals surface area (Å²) < 4.78 is 32.0. The summed E-state index contributed by atoms with van der Waals surface area (Å²) >= 11 is 0. The number of aromatic nitrogens is 1. The lowest BCUT2D eigenvalue weighted by Crippen LogP contribution is -2.48. The first-order valence-electron chi connectivity index (χ1n) is 7.22. The summed E-state index contributed by atoms with van der Waals surface area (Å²) in [5.41, 5.74) is 5.19. The summed E-state index contributed by atoms with van der Waals surface area (Å²) in [6.07, 6.45) is 1.80. The van der Waals surface area contributed by atoms with Gasteiger partial charge in [0.05, 0.1) is 11.8 Å². The molecule has 25 heavy (non-hydrogen) atoms. The van der Waals surface area contributed by atoms with Crippen molar-refractivity contribution in [2.45, 2.75) is 32.2 Å². The molecule has 0 fully saturated rings. The van der Waals surface area contributed by atoms with Crippen LogP contribution in [0.5, 0.6) is 0 Å². The Kier molecular flexibility index (Phi) is 9.04. The van der Waals surface area contributed by atoms with Gasteiger partial charge in [-0.25, -0.2) is 13.8 Å². The van der Waals surface area contributed by atoms with E-state index in [9.17, 15) is 13.6 Å². The molecule has 0 saturated carbocycles. The third-order valence-electron chi connectivity index (χ3n) is 3.30. The maximum absolute atomic E-state index is 13.7. The molecule has 0 spiro atoms. The van der Waals surface area contributed by atoms with Gasteiger partial charge in [0.2, 0.25) is 5.91 Å². The van der Waals surface area contributed by atoms with Gasteiger partial charge in [-0.2, -0.15) is 0 Å². The molecule has 0 bridgehead atoms. The van der Waals surface area contributed by atoms with Crippen LogP contribution in [0.15, 0.2) is 28.8 Å². The number of nitrogens with zero attached hydrogens (tertiary/aromatic N) is 1. The summed E-state index contributed by atoms with van der Waals surface area (Å²) in [5, 5.41) is 2.79. The van der Waals surface area contributed by atoms with Gasteiger partial charge in [-0.05, 0) is 26.0 Å². The highest BCUT2D eigenvalue weighted by Crippen LogP contribution is 2.24. The Labute approximate surface area is 157 Å². The SMILES string of the molecule is CC(C)(CN)NC(=O)CCc1ncc(-c2ccc(F)cc2F)o1.Cl.Cl. The fourth-order valence-electron chi connectivity index (χ4n) is 1.95. The van der Waals surface area contributed by atoms with Gasteiger partial charge in [0, 0.05) is 31.0 Å². The number of halogens is 4. The maximum atomic E-state index is 13.7. The number of benzene rings is 1. The maximum Gasteiger partial charge on any atom is 0.220 e. The van der Waals surface area contributed by atoms with Crippen LogP contribution >= 0.6 is 24.8 Å². The van der Waals surface area contributed by atoms with Gasteiger partial charge in [0.25, 0.3) is 0 Å².